The minimum Gasteiger partial charge on any atom is -0.361 e. The highest BCUT2D eigenvalue weighted by Crippen LogP contribution is 2.19. The molecule has 8 heteroatoms. The van der Waals surface area contributed by atoms with E-state index in [0.29, 0.717) is 13.1 Å². The Kier molecular flexibility index (Phi) is 8.05. The van der Waals surface area contributed by atoms with E-state index in [2.05, 4.69) is 25.7 Å². The second-order valence-corrected chi connectivity index (χ2v) is 7.00. The minimum atomic E-state index is -0.220. The van der Waals surface area contributed by atoms with E-state index in [4.69, 9.17) is 0 Å². The molecule has 2 aromatic carbocycles. The summed E-state index contributed by atoms with van der Waals surface area (Å²) in [4.78, 5) is 7.85. The Balaban J connectivity index is 0.00000272. The monoisotopic (exact) mass is 532 g/mol. The number of rotatable bonds is 7. The van der Waals surface area contributed by atoms with Gasteiger partial charge in [0.15, 0.2) is 5.96 Å². The Labute approximate surface area is 198 Å². The van der Waals surface area contributed by atoms with Crippen molar-refractivity contribution in [3.05, 3.63) is 84.1 Å². The summed E-state index contributed by atoms with van der Waals surface area (Å²) in [5.41, 5.74) is 4.08. The number of hydrogen-bond acceptors (Lipinski definition) is 2. The molecule has 3 N–H and O–H groups in total. The summed E-state index contributed by atoms with van der Waals surface area (Å²) in [5, 5.41) is 12.0. The molecule has 0 atom stereocenters. The summed E-state index contributed by atoms with van der Waals surface area (Å²) in [6.45, 7) is 4.03. The van der Waals surface area contributed by atoms with Crippen LogP contribution in [0.2, 0.25) is 0 Å². The highest BCUT2D eigenvalue weighted by atomic mass is 127. The summed E-state index contributed by atoms with van der Waals surface area (Å²) >= 11 is 0. The molecule has 0 spiro atoms. The van der Waals surface area contributed by atoms with Gasteiger partial charge >= 0.3 is 0 Å². The zero-order valence-electron chi connectivity index (χ0n) is 17.3. The fourth-order valence-corrected chi connectivity index (χ4v) is 3.35. The van der Waals surface area contributed by atoms with E-state index in [1.54, 1.807) is 12.1 Å². The van der Waals surface area contributed by atoms with Gasteiger partial charge in [-0.2, -0.15) is 5.10 Å². The normalized spacial score (nSPS) is 11.4. The first-order valence-electron chi connectivity index (χ1n) is 10.1. The van der Waals surface area contributed by atoms with Crippen molar-refractivity contribution in [3.63, 3.8) is 0 Å². The van der Waals surface area contributed by atoms with Crippen LogP contribution in [0.1, 0.15) is 18.1 Å². The van der Waals surface area contributed by atoms with E-state index in [1.807, 2.05) is 60.5 Å². The summed E-state index contributed by atoms with van der Waals surface area (Å²) < 4.78 is 15.4. The van der Waals surface area contributed by atoms with Gasteiger partial charge in [-0.05, 0) is 49.2 Å². The lowest BCUT2D eigenvalue weighted by atomic mass is 10.1. The number of aliphatic imine (C=N–C) groups is 1. The number of para-hydroxylation sites is 1. The van der Waals surface area contributed by atoms with Crippen LogP contribution in [0.5, 0.6) is 0 Å². The van der Waals surface area contributed by atoms with Crippen LogP contribution in [0.15, 0.2) is 72.1 Å². The molecule has 2 heterocycles. The highest BCUT2D eigenvalue weighted by Gasteiger charge is 2.06. The third-order valence-electron chi connectivity index (χ3n) is 4.84. The first kappa shape index (κ1) is 22.8. The number of guanidine groups is 1. The SMILES string of the molecule is CCNC(=NCc1cnn(-c2ccccc2)c1)NCCc1c[nH]c2ccc(F)cc12.I. The van der Waals surface area contributed by atoms with Crippen LogP contribution in [-0.2, 0) is 13.0 Å². The van der Waals surface area contributed by atoms with Crippen molar-refractivity contribution >= 4 is 40.8 Å². The van der Waals surface area contributed by atoms with Gasteiger partial charge in [0, 0.05) is 41.9 Å². The van der Waals surface area contributed by atoms with Crippen LogP contribution in [0, 0.1) is 5.82 Å². The number of nitrogens with zero attached hydrogens (tertiary/aromatic N) is 3. The van der Waals surface area contributed by atoms with Gasteiger partial charge in [-0.15, -0.1) is 24.0 Å². The van der Waals surface area contributed by atoms with E-state index >= 15 is 0 Å². The first-order chi connectivity index (χ1) is 14.7. The molecule has 6 nitrogen and oxygen atoms in total. The fraction of sp³-hybridized carbons (Fsp3) is 0.217. The second kappa shape index (κ2) is 10.9. The van der Waals surface area contributed by atoms with Gasteiger partial charge in [0.05, 0.1) is 18.4 Å². The zero-order valence-corrected chi connectivity index (χ0v) is 19.6. The first-order valence-corrected chi connectivity index (χ1v) is 10.1. The van der Waals surface area contributed by atoms with Crippen LogP contribution in [0.3, 0.4) is 0 Å². The van der Waals surface area contributed by atoms with Gasteiger partial charge in [0.1, 0.15) is 5.82 Å². The molecule has 0 aliphatic rings. The Bertz CT molecular complexity index is 1140. The zero-order chi connectivity index (χ0) is 20.8. The van der Waals surface area contributed by atoms with Crippen molar-refractivity contribution < 1.29 is 4.39 Å². The van der Waals surface area contributed by atoms with Crippen molar-refractivity contribution in [2.24, 2.45) is 4.99 Å². The van der Waals surface area contributed by atoms with Gasteiger partial charge in [-0.3, -0.25) is 0 Å². The molecule has 0 fully saturated rings. The molecule has 0 saturated heterocycles. The van der Waals surface area contributed by atoms with E-state index in [1.165, 1.54) is 6.07 Å². The van der Waals surface area contributed by atoms with Gasteiger partial charge < -0.3 is 15.6 Å². The molecule has 0 bridgehead atoms. The number of halogens is 2. The number of aromatic nitrogens is 3. The molecule has 0 radical (unpaired) electrons. The van der Waals surface area contributed by atoms with Crippen molar-refractivity contribution in [1.82, 2.24) is 25.4 Å². The predicted octanol–water partition coefficient (Wildman–Crippen LogP) is 4.41. The highest BCUT2D eigenvalue weighted by molar-refractivity contribution is 14.0. The van der Waals surface area contributed by atoms with Crippen molar-refractivity contribution in [2.75, 3.05) is 13.1 Å². The van der Waals surface area contributed by atoms with Crippen LogP contribution >= 0.6 is 24.0 Å². The Morgan fingerprint density at radius 2 is 2.00 bits per heavy atom. The van der Waals surface area contributed by atoms with Crippen LogP contribution in [-0.4, -0.2) is 33.8 Å². The third kappa shape index (κ3) is 5.84. The molecule has 0 saturated carbocycles. The summed E-state index contributed by atoms with van der Waals surface area (Å²) in [7, 11) is 0. The molecule has 0 amide bonds. The van der Waals surface area contributed by atoms with Crippen molar-refractivity contribution in [2.45, 2.75) is 19.9 Å². The number of fused-ring (bicyclic) bond motifs is 1. The van der Waals surface area contributed by atoms with Crippen LogP contribution in [0.25, 0.3) is 16.6 Å². The molecular weight excluding hydrogens is 506 g/mol. The van der Waals surface area contributed by atoms with Gasteiger partial charge in [0.25, 0.3) is 0 Å². The van der Waals surface area contributed by atoms with Gasteiger partial charge in [0.2, 0.25) is 0 Å². The Hall–Kier alpha value is -2.88. The average Bonchev–Trinajstić information content (AvgIpc) is 3.40. The third-order valence-corrected chi connectivity index (χ3v) is 4.84. The molecule has 0 unspecified atom stereocenters. The Morgan fingerprint density at radius 1 is 1.16 bits per heavy atom. The largest absolute Gasteiger partial charge is 0.361 e. The smallest absolute Gasteiger partial charge is 0.191 e. The van der Waals surface area contributed by atoms with E-state index in [0.717, 1.165) is 46.6 Å². The molecule has 0 aliphatic carbocycles. The molecule has 4 aromatic rings. The summed E-state index contributed by atoms with van der Waals surface area (Å²) in [6.07, 6.45) is 6.52. The number of aromatic amines is 1. The van der Waals surface area contributed by atoms with Crippen molar-refractivity contribution in [1.29, 1.82) is 0 Å². The van der Waals surface area contributed by atoms with Gasteiger partial charge in [-0.1, -0.05) is 18.2 Å². The maximum absolute atomic E-state index is 13.6. The number of hydrogen-bond donors (Lipinski definition) is 3. The van der Waals surface area contributed by atoms with Crippen LogP contribution in [0.4, 0.5) is 4.39 Å². The lowest BCUT2D eigenvalue weighted by molar-refractivity contribution is 0.629. The van der Waals surface area contributed by atoms with Crippen molar-refractivity contribution in [3.8, 4) is 5.69 Å². The number of nitrogens with one attached hydrogen (secondary N) is 3. The lowest BCUT2D eigenvalue weighted by Gasteiger charge is -2.10. The minimum absolute atomic E-state index is 0. The molecule has 31 heavy (non-hydrogen) atoms. The Morgan fingerprint density at radius 3 is 2.81 bits per heavy atom. The van der Waals surface area contributed by atoms with E-state index in [-0.39, 0.29) is 29.8 Å². The number of benzene rings is 2. The summed E-state index contributed by atoms with van der Waals surface area (Å²) in [6, 6.07) is 14.8. The molecule has 4 rings (SSSR count). The quantitative estimate of drug-likeness (QED) is 0.188. The fourth-order valence-electron chi connectivity index (χ4n) is 3.35. The lowest BCUT2D eigenvalue weighted by Crippen LogP contribution is -2.38. The van der Waals surface area contributed by atoms with Crippen LogP contribution < -0.4 is 10.6 Å². The number of H-pyrrole nitrogens is 1. The predicted molar refractivity (Wildman–Crippen MR) is 134 cm³/mol. The average molecular weight is 532 g/mol. The molecular formula is C23H26FIN6. The van der Waals surface area contributed by atoms with E-state index < -0.39 is 0 Å². The maximum atomic E-state index is 13.6. The standard InChI is InChI=1S/C23H25FN6.HI/c1-2-25-23(26-11-10-18-15-27-22-9-8-19(24)12-21(18)22)28-13-17-14-29-30(16-17)20-6-4-3-5-7-20;/h3-9,12,14-16,27H,2,10-11,13H2,1H3,(H2,25,26,28);1H. The molecule has 162 valence electrons. The van der Waals surface area contributed by atoms with E-state index in [9.17, 15) is 4.39 Å². The summed E-state index contributed by atoms with van der Waals surface area (Å²) in [5.74, 6) is 0.526. The maximum Gasteiger partial charge on any atom is 0.191 e. The topological polar surface area (TPSA) is 70.0 Å². The van der Waals surface area contributed by atoms with Gasteiger partial charge in [-0.25, -0.2) is 14.1 Å². The molecule has 2 aromatic heterocycles. The molecule has 0 aliphatic heterocycles. The second-order valence-electron chi connectivity index (χ2n) is 7.00.